The molecule has 0 spiro atoms. The van der Waals surface area contributed by atoms with Crippen molar-refractivity contribution in [3.8, 4) is 0 Å². The summed E-state index contributed by atoms with van der Waals surface area (Å²) in [4.78, 5) is 0. The number of nitrogens with zero attached hydrogens (tertiary/aromatic N) is 1. The molecule has 1 rings (SSSR count). The van der Waals surface area contributed by atoms with Crippen LogP contribution in [0, 0.1) is 0 Å². The molecule has 0 aromatic carbocycles. The van der Waals surface area contributed by atoms with Crippen molar-refractivity contribution in [3.05, 3.63) is 12.2 Å². The summed E-state index contributed by atoms with van der Waals surface area (Å²) in [6.45, 7) is 2.42. The predicted octanol–water partition coefficient (Wildman–Crippen LogP) is 0.633. The van der Waals surface area contributed by atoms with Gasteiger partial charge in [0.05, 0.1) is 27.2 Å². The second kappa shape index (κ2) is 1.34. The zero-order valence-corrected chi connectivity index (χ0v) is 5.02. The van der Waals surface area contributed by atoms with Crippen LogP contribution in [0.4, 0.5) is 0 Å². The summed E-state index contributed by atoms with van der Waals surface area (Å²) in [5.41, 5.74) is 0. The fourth-order valence-corrected chi connectivity index (χ4v) is 0.794. The lowest BCUT2D eigenvalue weighted by Crippen LogP contribution is -2.35. The molecule has 0 fully saturated rings. The van der Waals surface area contributed by atoms with E-state index >= 15 is 0 Å². The van der Waals surface area contributed by atoms with Gasteiger partial charge in [-0.25, -0.2) is 0 Å². The molecule has 0 aromatic rings. The lowest BCUT2D eigenvalue weighted by Gasteiger charge is -2.21. The van der Waals surface area contributed by atoms with E-state index in [1.54, 1.807) is 0 Å². The molecular weight excluding hydrogens is 86.1 g/mol. The average molecular weight is 98.2 g/mol. The van der Waals surface area contributed by atoms with Gasteiger partial charge >= 0.3 is 0 Å². The van der Waals surface area contributed by atoms with Crippen molar-refractivity contribution in [2.75, 3.05) is 27.2 Å². The van der Waals surface area contributed by atoms with Gasteiger partial charge < -0.3 is 4.48 Å². The van der Waals surface area contributed by atoms with Gasteiger partial charge in [-0.15, -0.1) is 0 Å². The first-order valence-electron chi connectivity index (χ1n) is 2.68. The van der Waals surface area contributed by atoms with Gasteiger partial charge in [-0.2, -0.15) is 0 Å². The number of hydrogen-bond acceptors (Lipinski definition) is 0. The fourth-order valence-electron chi connectivity index (χ4n) is 0.794. The highest BCUT2D eigenvalue weighted by atomic mass is 15.3. The van der Waals surface area contributed by atoms with E-state index < -0.39 is 0 Å². The number of rotatable bonds is 0. The molecule has 0 radical (unpaired) electrons. The summed E-state index contributed by atoms with van der Waals surface area (Å²) in [6, 6.07) is 0. The molecule has 0 N–H and O–H groups in total. The summed E-state index contributed by atoms with van der Waals surface area (Å²) in [5.74, 6) is 0. The highest BCUT2D eigenvalue weighted by Gasteiger charge is 2.14. The van der Waals surface area contributed by atoms with Crippen molar-refractivity contribution in [3.63, 3.8) is 0 Å². The van der Waals surface area contributed by atoms with Crippen LogP contribution in [0.5, 0.6) is 0 Å². The minimum absolute atomic E-state index is 1.14. The van der Waals surface area contributed by atoms with Gasteiger partial charge in [0.2, 0.25) is 0 Å². The Kier molecular flexibility index (Phi) is 0.927. The van der Waals surface area contributed by atoms with E-state index in [-0.39, 0.29) is 0 Å². The lowest BCUT2D eigenvalue weighted by molar-refractivity contribution is -0.873. The van der Waals surface area contributed by atoms with Gasteiger partial charge in [0, 0.05) is 0 Å². The van der Waals surface area contributed by atoms with E-state index in [0.717, 1.165) is 4.48 Å². The third-order valence-electron chi connectivity index (χ3n) is 1.37. The molecule has 0 aromatic heterocycles. The quantitative estimate of drug-likeness (QED) is 0.308. The van der Waals surface area contributed by atoms with Crippen molar-refractivity contribution in [2.24, 2.45) is 0 Å². The van der Waals surface area contributed by atoms with Crippen LogP contribution in [0.3, 0.4) is 0 Å². The van der Waals surface area contributed by atoms with Crippen molar-refractivity contribution >= 4 is 0 Å². The van der Waals surface area contributed by atoms with Crippen LogP contribution in [-0.2, 0) is 0 Å². The molecule has 0 amide bonds. The molecule has 40 valence electrons. The van der Waals surface area contributed by atoms with Gasteiger partial charge in [0.15, 0.2) is 0 Å². The van der Waals surface area contributed by atoms with Crippen LogP contribution >= 0.6 is 0 Å². The summed E-state index contributed by atoms with van der Waals surface area (Å²) < 4.78 is 1.14. The van der Waals surface area contributed by atoms with Crippen LogP contribution in [-0.4, -0.2) is 31.7 Å². The Hall–Kier alpha value is -0.300. The standard InChI is InChI=1S/C6H12N/c1-7(2)5-3-4-6-7/h3-4H,5-6H2,1-2H3/q+1. The Morgan fingerprint density at radius 2 is 1.57 bits per heavy atom. The maximum atomic E-state index is 2.24. The monoisotopic (exact) mass is 98.1 g/mol. The minimum Gasteiger partial charge on any atom is -0.322 e. The molecule has 7 heavy (non-hydrogen) atoms. The van der Waals surface area contributed by atoms with E-state index in [0.29, 0.717) is 0 Å². The Morgan fingerprint density at radius 1 is 1.14 bits per heavy atom. The molecule has 1 aliphatic heterocycles. The second-order valence-electron chi connectivity index (χ2n) is 2.77. The summed E-state index contributed by atoms with van der Waals surface area (Å²) in [7, 11) is 4.47. The fraction of sp³-hybridized carbons (Fsp3) is 0.667. The van der Waals surface area contributed by atoms with Gasteiger partial charge in [-0.3, -0.25) is 0 Å². The van der Waals surface area contributed by atoms with E-state index in [4.69, 9.17) is 0 Å². The van der Waals surface area contributed by atoms with E-state index in [1.165, 1.54) is 13.1 Å². The number of likely N-dealkylation sites (N-methyl/N-ethyl adjacent to an activating group) is 1. The SMILES string of the molecule is C[N+]1(C)CC=CC1. The van der Waals surface area contributed by atoms with Gasteiger partial charge in [-0.05, 0) is 12.2 Å². The average Bonchev–Trinajstić information content (AvgIpc) is 1.84. The zero-order chi connectivity index (χ0) is 5.33. The first-order valence-corrected chi connectivity index (χ1v) is 2.68. The van der Waals surface area contributed by atoms with E-state index in [9.17, 15) is 0 Å². The van der Waals surface area contributed by atoms with Crippen molar-refractivity contribution in [1.82, 2.24) is 0 Å². The summed E-state index contributed by atoms with van der Waals surface area (Å²) in [5, 5.41) is 0. The molecule has 1 heteroatoms. The molecule has 0 saturated heterocycles. The van der Waals surface area contributed by atoms with Crippen LogP contribution in [0.15, 0.2) is 12.2 Å². The first-order chi connectivity index (χ1) is 3.21. The number of hydrogen-bond donors (Lipinski definition) is 0. The highest BCUT2D eigenvalue weighted by Crippen LogP contribution is 2.03. The Morgan fingerprint density at radius 3 is 1.71 bits per heavy atom. The molecule has 0 saturated carbocycles. The highest BCUT2D eigenvalue weighted by molar-refractivity contribution is 4.86. The van der Waals surface area contributed by atoms with Gasteiger partial charge in [-0.1, -0.05) is 0 Å². The van der Waals surface area contributed by atoms with Crippen LogP contribution in [0.1, 0.15) is 0 Å². The normalized spacial score (nSPS) is 26.0. The smallest absolute Gasteiger partial charge is 0.0974 e. The van der Waals surface area contributed by atoms with Crippen LogP contribution < -0.4 is 0 Å². The van der Waals surface area contributed by atoms with Crippen molar-refractivity contribution < 1.29 is 4.48 Å². The molecule has 0 bridgehead atoms. The van der Waals surface area contributed by atoms with Gasteiger partial charge in [0.25, 0.3) is 0 Å². The third kappa shape index (κ3) is 1.03. The third-order valence-corrected chi connectivity index (χ3v) is 1.37. The van der Waals surface area contributed by atoms with E-state index in [2.05, 4.69) is 26.2 Å². The zero-order valence-electron chi connectivity index (χ0n) is 5.02. The maximum absolute atomic E-state index is 2.24. The Balaban J connectivity index is 2.49. The predicted molar refractivity (Wildman–Crippen MR) is 31.0 cm³/mol. The molecule has 0 aliphatic carbocycles. The first kappa shape index (κ1) is 4.85. The minimum atomic E-state index is 1.14. The van der Waals surface area contributed by atoms with Crippen molar-refractivity contribution in [1.29, 1.82) is 0 Å². The van der Waals surface area contributed by atoms with Gasteiger partial charge in [0.1, 0.15) is 0 Å². The molecule has 0 unspecified atom stereocenters. The van der Waals surface area contributed by atoms with Crippen molar-refractivity contribution in [2.45, 2.75) is 0 Å². The Bertz CT molecular complexity index is 82.4. The second-order valence-corrected chi connectivity index (χ2v) is 2.77. The van der Waals surface area contributed by atoms with Crippen LogP contribution in [0.25, 0.3) is 0 Å². The lowest BCUT2D eigenvalue weighted by atomic mass is 10.6. The Labute approximate surface area is 44.8 Å². The number of quaternary nitrogens is 1. The summed E-state index contributed by atoms with van der Waals surface area (Å²) in [6.07, 6.45) is 4.47. The van der Waals surface area contributed by atoms with E-state index in [1.807, 2.05) is 0 Å². The molecule has 1 nitrogen and oxygen atoms in total. The van der Waals surface area contributed by atoms with Crippen LogP contribution in [0.2, 0.25) is 0 Å². The topological polar surface area (TPSA) is 0 Å². The summed E-state index contributed by atoms with van der Waals surface area (Å²) >= 11 is 0. The molecule has 1 aliphatic rings. The molecule has 1 heterocycles. The maximum Gasteiger partial charge on any atom is 0.0974 e. The largest absolute Gasteiger partial charge is 0.322 e. The molecule has 0 atom stereocenters. The molecular formula is C6H12N+.